The van der Waals surface area contributed by atoms with Crippen LogP contribution in [0.1, 0.15) is 18.2 Å². The maximum atomic E-state index is 11.1. The maximum absolute atomic E-state index is 11.1. The molecule has 1 N–H and O–H groups in total. The number of nitro groups is 1. The first kappa shape index (κ1) is 15.2. The van der Waals surface area contributed by atoms with Gasteiger partial charge in [-0.2, -0.15) is 4.98 Å². The van der Waals surface area contributed by atoms with Gasteiger partial charge in [0, 0.05) is 6.04 Å². The number of aryl methyl sites for hydroxylation is 1. The third kappa shape index (κ3) is 3.88. The molecule has 0 fully saturated rings. The SMILES string of the molecule is Cc1nc(Cl)nc(NC(C)Cc2ccccc2)c1[N+](=O)[O-]. The van der Waals surface area contributed by atoms with E-state index in [1.54, 1.807) is 6.92 Å². The van der Waals surface area contributed by atoms with Crippen LogP contribution in [0.2, 0.25) is 5.28 Å². The van der Waals surface area contributed by atoms with Crippen LogP contribution >= 0.6 is 11.6 Å². The van der Waals surface area contributed by atoms with Crippen LogP contribution < -0.4 is 5.32 Å². The summed E-state index contributed by atoms with van der Waals surface area (Å²) in [6.45, 7) is 3.47. The van der Waals surface area contributed by atoms with Crippen molar-refractivity contribution in [3.63, 3.8) is 0 Å². The number of rotatable bonds is 5. The summed E-state index contributed by atoms with van der Waals surface area (Å²) in [5.74, 6) is 0.154. The van der Waals surface area contributed by atoms with Crippen molar-refractivity contribution in [2.24, 2.45) is 0 Å². The van der Waals surface area contributed by atoms with Crippen molar-refractivity contribution in [2.75, 3.05) is 5.32 Å². The average molecular weight is 307 g/mol. The van der Waals surface area contributed by atoms with Gasteiger partial charge in [-0.15, -0.1) is 0 Å². The zero-order valence-electron chi connectivity index (χ0n) is 11.7. The van der Waals surface area contributed by atoms with Crippen LogP contribution in [-0.2, 0) is 6.42 Å². The van der Waals surface area contributed by atoms with Crippen LogP contribution in [0.5, 0.6) is 0 Å². The zero-order valence-corrected chi connectivity index (χ0v) is 12.5. The van der Waals surface area contributed by atoms with E-state index in [4.69, 9.17) is 11.6 Å². The fraction of sp³-hybridized carbons (Fsp3) is 0.286. The van der Waals surface area contributed by atoms with Gasteiger partial charge >= 0.3 is 5.69 Å². The lowest BCUT2D eigenvalue weighted by Crippen LogP contribution is -2.20. The van der Waals surface area contributed by atoms with Crippen LogP contribution in [0.4, 0.5) is 11.5 Å². The molecule has 0 radical (unpaired) electrons. The van der Waals surface area contributed by atoms with Crippen LogP contribution in [-0.4, -0.2) is 20.9 Å². The van der Waals surface area contributed by atoms with Crippen molar-refractivity contribution >= 4 is 23.1 Å². The summed E-state index contributed by atoms with van der Waals surface area (Å²) >= 11 is 5.79. The van der Waals surface area contributed by atoms with E-state index in [1.807, 2.05) is 37.3 Å². The molecule has 0 saturated heterocycles. The number of anilines is 1. The Kier molecular flexibility index (Phi) is 4.70. The van der Waals surface area contributed by atoms with Gasteiger partial charge in [-0.25, -0.2) is 4.98 Å². The number of nitrogens with one attached hydrogen (secondary N) is 1. The Morgan fingerprint density at radius 3 is 2.62 bits per heavy atom. The molecule has 0 amide bonds. The Balaban J connectivity index is 2.20. The first-order valence-electron chi connectivity index (χ1n) is 6.46. The fourth-order valence-corrected chi connectivity index (χ4v) is 2.32. The molecule has 1 unspecified atom stereocenters. The van der Waals surface area contributed by atoms with Gasteiger partial charge < -0.3 is 5.32 Å². The first-order valence-corrected chi connectivity index (χ1v) is 6.84. The van der Waals surface area contributed by atoms with Crippen molar-refractivity contribution < 1.29 is 4.92 Å². The van der Waals surface area contributed by atoms with Gasteiger partial charge in [-0.1, -0.05) is 30.3 Å². The minimum Gasteiger partial charge on any atom is -0.361 e. The number of halogens is 1. The Morgan fingerprint density at radius 2 is 2.00 bits per heavy atom. The molecule has 6 nitrogen and oxygen atoms in total. The largest absolute Gasteiger partial charge is 0.361 e. The fourth-order valence-electron chi connectivity index (χ4n) is 2.10. The predicted molar refractivity (Wildman–Crippen MR) is 81.7 cm³/mol. The minimum absolute atomic E-state index is 0.00693. The Labute approximate surface area is 127 Å². The van der Waals surface area contributed by atoms with Crippen LogP contribution in [0.15, 0.2) is 30.3 Å². The normalized spacial score (nSPS) is 12.0. The summed E-state index contributed by atoms with van der Waals surface area (Å²) in [5.41, 5.74) is 1.24. The molecule has 0 saturated carbocycles. The highest BCUT2D eigenvalue weighted by atomic mass is 35.5. The molecule has 1 atom stereocenters. The molecule has 0 aliphatic heterocycles. The first-order chi connectivity index (χ1) is 9.97. The van der Waals surface area contributed by atoms with Gasteiger partial charge in [0.15, 0.2) is 0 Å². The summed E-state index contributed by atoms with van der Waals surface area (Å²) in [6.07, 6.45) is 0.721. The van der Waals surface area contributed by atoms with E-state index in [-0.39, 0.29) is 28.5 Å². The Hall–Kier alpha value is -2.21. The lowest BCUT2D eigenvalue weighted by atomic mass is 10.1. The predicted octanol–water partition coefficient (Wildman–Crippen LogP) is 3.39. The van der Waals surface area contributed by atoms with Crippen molar-refractivity contribution in [3.8, 4) is 0 Å². The van der Waals surface area contributed by atoms with E-state index in [0.29, 0.717) is 0 Å². The highest BCUT2D eigenvalue weighted by molar-refractivity contribution is 6.28. The van der Waals surface area contributed by atoms with Crippen molar-refractivity contribution in [1.29, 1.82) is 0 Å². The van der Waals surface area contributed by atoms with E-state index < -0.39 is 4.92 Å². The minimum atomic E-state index is -0.497. The van der Waals surface area contributed by atoms with Crippen molar-refractivity contribution in [2.45, 2.75) is 26.3 Å². The number of benzene rings is 1. The summed E-state index contributed by atoms with van der Waals surface area (Å²) in [7, 11) is 0. The van der Waals surface area contributed by atoms with Crippen LogP contribution in [0.25, 0.3) is 0 Å². The summed E-state index contributed by atoms with van der Waals surface area (Å²) < 4.78 is 0. The van der Waals surface area contributed by atoms with Gasteiger partial charge in [-0.05, 0) is 37.4 Å². The van der Waals surface area contributed by atoms with E-state index in [9.17, 15) is 10.1 Å². The van der Waals surface area contributed by atoms with Crippen molar-refractivity contribution in [3.05, 3.63) is 57.0 Å². The molecule has 110 valence electrons. The number of hydrogen-bond donors (Lipinski definition) is 1. The molecule has 1 heterocycles. The zero-order chi connectivity index (χ0) is 15.4. The van der Waals surface area contributed by atoms with Gasteiger partial charge in [-0.3, -0.25) is 10.1 Å². The number of aromatic nitrogens is 2. The quantitative estimate of drug-likeness (QED) is 0.520. The average Bonchev–Trinajstić information content (AvgIpc) is 2.38. The Morgan fingerprint density at radius 1 is 1.33 bits per heavy atom. The molecule has 0 aliphatic carbocycles. The molecule has 1 aromatic carbocycles. The summed E-state index contributed by atoms with van der Waals surface area (Å²) in [4.78, 5) is 18.4. The molecule has 1 aromatic heterocycles. The van der Waals surface area contributed by atoms with Gasteiger partial charge in [0.05, 0.1) is 4.92 Å². The van der Waals surface area contributed by atoms with E-state index >= 15 is 0 Å². The van der Waals surface area contributed by atoms with Crippen LogP contribution in [0, 0.1) is 17.0 Å². The topological polar surface area (TPSA) is 81.0 Å². The number of hydrogen-bond acceptors (Lipinski definition) is 5. The van der Waals surface area contributed by atoms with Gasteiger partial charge in [0.1, 0.15) is 5.69 Å². The molecule has 0 aliphatic rings. The summed E-state index contributed by atoms with van der Waals surface area (Å²) in [5, 5.41) is 14.2. The van der Waals surface area contributed by atoms with Gasteiger partial charge in [0.25, 0.3) is 0 Å². The second-order valence-corrected chi connectivity index (χ2v) is 5.11. The molecule has 2 rings (SSSR count). The van der Waals surface area contributed by atoms with Crippen LogP contribution in [0.3, 0.4) is 0 Å². The van der Waals surface area contributed by atoms with E-state index in [2.05, 4.69) is 15.3 Å². The monoisotopic (exact) mass is 306 g/mol. The smallest absolute Gasteiger partial charge is 0.332 e. The molecule has 7 heteroatoms. The highest BCUT2D eigenvalue weighted by Crippen LogP contribution is 2.27. The molecular formula is C14H15ClN4O2. The molecule has 0 spiro atoms. The Bertz CT molecular complexity index is 649. The molecule has 21 heavy (non-hydrogen) atoms. The lowest BCUT2D eigenvalue weighted by molar-refractivity contribution is -0.385. The lowest BCUT2D eigenvalue weighted by Gasteiger charge is -2.15. The standard InChI is InChI=1S/C14H15ClN4O2/c1-9(8-11-6-4-3-5-7-11)16-13-12(19(20)21)10(2)17-14(15)18-13/h3-7,9H,8H2,1-2H3,(H,16,17,18). The number of nitrogens with zero attached hydrogens (tertiary/aromatic N) is 3. The second kappa shape index (κ2) is 6.49. The van der Waals surface area contributed by atoms with E-state index in [0.717, 1.165) is 12.0 Å². The van der Waals surface area contributed by atoms with E-state index in [1.165, 1.54) is 0 Å². The highest BCUT2D eigenvalue weighted by Gasteiger charge is 2.22. The molecule has 2 aromatic rings. The third-order valence-electron chi connectivity index (χ3n) is 2.98. The molecular weight excluding hydrogens is 292 g/mol. The van der Waals surface area contributed by atoms with Crippen molar-refractivity contribution in [1.82, 2.24) is 9.97 Å². The van der Waals surface area contributed by atoms with Gasteiger partial charge in [0.2, 0.25) is 11.1 Å². The third-order valence-corrected chi connectivity index (χ3v) is 3.15. The molecule has 0 bridgehead atoms. The second-order valence-electron chi connectivity index (χ2n) is 4.77. The maximum Gasteiger partial charge on any atom is 0.332 e. The summed E-state index contributed by atoms with van der Waals surface area (Å²) in [6, 6.07) is 9.83.